The van der Waals surface area contributed by atoms with Crippen LogP contribution in [-0.2, 0) is 16.7 Å². The molecule has 2 saturated heterocycles. The van der Waals surface area contributed by atoms with Crippen molar-refractivity contribution in [3.63, 3.8) is 0 Å². The van der Waals surface area contributed by atoms with Crippen molar-refractivity contribution in [1.82, 2.24) is 4.90 Å². The van der Waals surface area contributed by atoms with Crippen molar-refractivity contribution in [2.45, 2.75) is 64.0 Å². The van der Waals surface area contributed by atoms with E-state index in [0.29, 0.717) is 11.7 Å². The normalized spacial score (nSPS) is 24.4. The van der Waals surface area contributed by atoms with E-state index in [1.54, 1.807) is 12.1 Å². The number of ether oxygens (including phenoxy) is 1. The monoisotopic (exact) mass is 515 g/mol. The first-order chi connectivity index (χ1) is 18.4. The molecule has 1 unspecified atom stereocenters. The summed E-state index contributed by atoms with van der Waals surface area (Å²) in [5, 5.41) is 0. The van der Waals surface area contributed by atoms with Gasteiger partial charge in [0.15, 0.2) is 0 Å². The standard InChI is InChI=1S/C33H42FN3O/c1-5-25-12-14-30(15-13-25)37-22-26(23-37)21-36-18-16-27(17-19-36)33(35-4,28-8-6-9-29(34)20-28)31-10-7-11-32(31)38-24(2)3/h6,8-9,12-15,20,26-27,31-32H,2,5,7,10-11,16-19,21-23H2,1,3H3/t31-,32-,33?/m1/s1. The molecule has 2 aromatic rings. The quantitative estimate of drug-likeness (QED) is 0.263. The second-order valence-corrected chi connectivity index (χ2v) is 11.7. The van der Waals surface area contributed by atoms with E-state index in [9.17, 15) is 4.39 Å². The lowest BCUT2D eigenvalue weighted by Crippen LogP contribution is -2.54. The number of hydrogen-bond donors (Lipinski definition) is 0. The van der Waals surface area contributed by atoms with Gasteiger partial charge in [-0.25, -0.2) is 11.0 Å². The molecule has 5 rings (SSSR count). The topological polar surface area (TPSA) is 20.1 Å². The highest BCUT2D eigenvalue weighted by atomic mass is 19.1. The molecule has 202 valence electrons. The van der Waals surface area contributed by atoms with E-state index in [4.69, 9.17) is 11.3 Å². The van der Waals surface area contributed by atoms with Crippen LogP contribution in [0.15, 0.2) is 60.9 Å². The molecule has 5 heteroatoms. The SMILES string of the molecule is [C-]#[N+]C(c1cccc(F)c1)(C1CCN(CC2CN(c3ccc(CC)cc3)C2)CC1)[C@@H]1CCC[C@H]1OC(=C)C. The van der Waals surface area contributed by atoms with Crippen molar-refractivity contribution < 1.29 is 9.13 Å². The zero-order valence-corrected chi connectivity index (χ0v) is 23.0. The number of anilines is 1. The molecule has 0 spiro atoms. The zero-order valence-electron chi connectivity index (χ0n) is 23.0. The van der Waals surface area contributed by atoms with E-state index in [-0.39, 0.29) is 23.8 Å². The van der Waals surface area contributed by atoms with E-state index in [1.807, 2.05) is 13.0 Å². The largest absolute Gasteiger partial charge is 0.495 e. The Morgan fingerprint density at radius 3 is 2.47 bits per heavy atom. The van der Waals surface area contributed by atoms with Crippen molar-refractivity contribution in [2.75, 3.05) is 37.6 Å². The average molecular weight is 516 g/mol. The molecule has 0 amide bonds. The molecule has 3 fully saturated rings. The van der Waals surface area contributed by atoms with Crippen molar-refractivity contribution in [3.8, 4) is 0 Å². The maximum Gasteiger partial charge on any atom is 0.266 e. The Morgan fingerprint density at radius 1 is 1.11 bits per heavy atom. The summed E-state index contributed by atoms with van der Waals surface area (Å²) in [7, 11) is 0. The van der Waals surface area contributed by atoms with Gasteiger partial charge in [0.05, 0.1) is 11.7 Å². The van der Waals surface area contributed by atoms with Crippen LogP contribution in [0.2, 0.25) is 0 Å². The fourth-order valence-electron chi connectivity index (χ4n) is 7.32. The number of piperidine rings is 1. The van der Waals surface area contributed by atoms with Gasteiger partial charge in [-0.05, 0) is 88.4 Å². The molecule has 3 aliphatic rings. The van der Waals surface area contributed by atoms with Crippen LogP contribution in [0.1, 0.15) is 57.1 Å². The summed E-state index contributed by atoms with van der Waals surface area (Å²) >= 11 is 0. The lowest BCUT2D eigenvalue weighted by molar-refractivity contribution is 0.0238. The minimum Gasteiger partial charge on any atom is -0.495 e. The average Bonchev–Trinajstić information content (AvgIpc) is 3.35. The fourth-order valence-corrected chi connectivity index (χ4v) is 7.32. The molecular formula is C33H42FN3O. The Bertz CT molecular complexity index is 1140. The molecule has 0 radical (unpaired) electrons. The van der Waals surface area contributed by atoms with Gasteiger partial charge in [0, 0.05) is 42.7 Å². The van der Waals surface area contributed by atoms with Gasteiger partial charge in [-0.15, -0.1) is 0 Å². The van der Waals surface area contributed by atoms with Gasteiger partial charge in [0.25, 0.3) is 5.54 Å². The molecular weight excluding hydrogens is 473 g/mol. The molecule has 0 aromatic heterocycles. The summed E-state index contributed by atoms with van der Waals surface area (Å²) in [6.07, 6.45) is 5.88. The summed E-state index contributed by atoms with van der Waals surface area (Å²) in [6, 6.07) is 15.8. The molecule has 3 atom stereocenters. The summed E-state index contributed by atoms with van der Waals surface area (Å²) < 4.78 is 20.7. The Labute approximate surface area is 228 Å². The van der Waals surface area contributed by atoms with Crippen LogP contribution < -0.4 is 4.90 Å². The van der Waals surface area contributed by atoms with Crippen LogP contribution in [0.25, 0.3) is 4.85 Å². The number of likely N-dealkylation sites (tertiary alicyclic amines) is 1. The predicted octanol–water partition coefficient (Wildman–Crippen LogP) is 7.07. The zero-order chi connectivity index (χ0) is 26.7. The molecule has 2 aliphatic heterocycles. The lowest BCUT2D eigenvalue weighted by Gasteiger charge is -2.46. The highest BCUT2D eigenvalue weighted by molar-refractivity contribution is 5.50. The molecule has 1 aliphatic carbocycles. The molecule has 0 bridgehead atoms. The number of rotatable bonds is 9. The summed E-state index contributed by atoms with van der Waals surface area (Å²) in [5.74, 6) is 1.36. The molecule has 4 nitrogen and oxygen atoms in total. The van der Waals surface area contributed by atoms with Gasteiger partial charge in [-0.1, -0.05) is 37.8 Å². The Hall–Kier alpha value is -2.84. The van der Waals surface area contributed by atoms with E-state index < -0.39 is 5.54 Å². The number of benzene rings is 2. The van der Waals surface area contributed by atoms with Crippen LogP contribution in [-0.4, -0.2) is 43.7 Å². The third-order valence-corrected chi connectivity index (χ3v) is 9.24. The number of allylic oxidation sites excluding steroid dienone is 1. The second-order valence-electron chi connectivity index (χ2n) is 11.7. The van der Waals surface area contributed by atoms with Crippen LogP contribution in [0.4, 0.5) is 10.1 Å². The fraction of sp³-hybridized carbons (Fsp3) is 0.545. The Morgan fingerprint density at radius 2 is 1.84 bits per heavy atom. The van der Waals surface area contributed by atoms with Crippen LogP contribution in [0.3, 0.4) is 0 Å². The van der Waals surface area contributed by atoms with E-state index in [2.05, 4.69) is 52.4 Å². The number of halogens is 1. The molecule has 38 heavy (non-hydrogen) atoms. The van der Waals surface area contributed by atoms with Gasteiger partial charge in [0.2, 0.25) is 0 Å². The summed E-state index contributed by atoms with van der Waals surface area (Å²) in [5.41, 5.74) is 2.79. The maximum atomic E-state index is 14.5. The number of nitrogens with zero attached hydrogens (tertiary/aromatic N) is 3. The third-order valence-electron chi connectivity index (χ3n) is 9.24. The van der Waals surface area contributed by atoms with Crippen molar-refractivity contribution in [1.29, 1.82) is 0 Å². The van der Waals surface area contributed by atoms with E-state index >= 15 is 0 Å². The maximum absolute atomic E-state index is 14.5. The van der Waals surface area contributed by atoms with Gasteiger partial charge in [-0.3, -0.25) is 0 Å². The Kier molecular flexibility index (Phi) is 8.09. The molecule has 1 saturated carbocycles. The molecule has 2 aromatic carbocycles. The van der Waals surface area contributed by atoms with Crippen LogP contribution in [0, 0.1) is 30.1 Å². The first-order valence-corrected chi connectivity index (χ1v) is 14.5. The lowest BCUT2D eigenvalue weighted by atomic mass is 9.65. The van der Waals surface area contributed by atoms with Gasteiger partial charge < -0.3 is 19.4 Å². The first kappa shape index (κ1) is 26.8. The predicted molar refractivity (Wildman–Crippen MR) is 152 cm³/mol. The van der Waals surface area contributed by atoms with Crippen molar-refractivity contribution in [3.05, 3.63) is 89.2 Å². The van der Waals surface area contributed by atoms with E-state index in [1.165, 1.54) is 17.3 Å². The van der Waals surface area contributed by atoms with Crippen molar-refractivity contribution >= 4 is 5.69 Å². The third kappa shape index (κ3) is 5.34. The minimum atomic E-state index is -0.761. The smallest absolute Gasteiger partial charge is 0.266 e. The highest BCUT2D eigenvalue weighted by Gasteiger charge is 2.58. The van der Waals surface area contributed by atoms with Gasteiger partial charge in [0.1, 0.15) is 11.9 Å². The number of aryl methyl sites for hydroxylation is 1. The Balaban J connectivity index is 1.25. The van der Waals surface area contributed by atoms with Crippen LogP contribution in [0.5, 0.6) is 0 Å². The van der Waals surface area contributed by atoms with Gasteiger partial charge in [-0.2, -0.15) is 0 Å². The highest BCUT2D eigenvalue weighted by Crippen LogP contribution is 2.52. The van der Waals surface area contributed by atoms with Gasteiger partial charge >= 0.3 is 0 Å². The van der Waals surface area contributed by atoms with E-state index in [0.717, 1.165) is 76.8 Å². The summed E-state index contributed by atoms with van der Waals surface area (Å²) in [6.45, 7) is 21.9. The van der Waals surface area contributed by atoms with Crippen LogP contribution >= 0.6 is 0 Å². The minimum absolute atomic E-state index is 0.0322. The summed E-state index contributed by atoms with van der Waals surface area (Å²) in [4.78, 5) is 9.48. The molecule has 2 heterocycles. The second kappa shape index (κ2) is 11.5. The first-order valence-electron chi connectivity index (χ1n) is 14.5. The van der Waals surface area contributed by atoms with Crippen molar-refractivity contribution in [2.24, 2.45) is 17.8 Å². The number of hydrogen-bond acceptors (Lipinski definition) is 3. The molecule has 0 N–H and O–H groups in total.